The van der Waals surface area contributed by atoms with Gasteiger partial charge in [0.2, 0.25) is 5.82 Å². The average Bonchev–Trinajstić information content (AvgIpc) is 3.09. The molecule has 0 amide bonds. The number of rotatable bonds is 4. The SMILES string of the molecule is CCc1ccc2c(Cn3nnc(-c4ccccc4C)n3)cc(=O)oc2c1. The van der Waals surface area contributed by atoms with Crippen LogP contribution in [-0.4, -0.2) is 20.2 Å². The Balaban J connectivity index is 1.72. The Kier molecular flexibility index (Phi) is 4.08. The first kappa shape index (κ1) is 16.2. The lowest BCUT2D eigenvalue weighted by Gasteiger charge is -2.06. The Morgan fingerprint density at radius 3 is 2.77 bits per heavy atom. The predicted octanol–water partition coefficient (Wildman–Crippen LogP) is 3.37. The molecule has 0 atom stereocenters. The van der Waals surface area contributed by atoms with Crippen LogP contribution in [0, 0.1) is 6.92 Å². The molecule has 0 saturated carbocycles. The van der Waals surface area contributed by atoms with Crippen LogP contribution in [0.3, 0.4) is 0 Å². The van der Waals surface area contributed by atoms with E-state index in [1.807, 2.05) is 49.4 Å². The molecule has 0 spiro atoms. The highest BCUT2D eigenvalue weighted by Crippen LogP contribution is 2.21. The summed E-state index contributed by atoms with van der Waals surface area (Å²) in [5.74, 6) is 0.573. The summed E-state index contributed by atoms with van der Waals surface area (Å²) in [7, 11) is 0. The molecule has 0 aliphatic rings. The number of benzene rings is 2. The summed E-state index contributed by atoms with van der Waals surface area (Å²) < 4.78 is 5.35. The van der Waals surface area contributed by atoms with Crippen molar-refractivity contribution in [2.75, 3.05) is 0 Å². The van der Waals surface area contributed by atoms with E-state index in [2.05, 4.69) is 22.3 Å². The van der Waals surface area contributed by atoms with Crippen molar-refractivity contribution >= 4 is 11.0 Å². The van der Waals surface area contributed by atoms with E-state index in [0.29, 0.717) is 18.0 Å². The second kappa shape index (κ2) is 6.55. The Labute approximate surface area is 150 Å². The number of hydrogen-bond acceptors (Lipinski definition) is 5. The van der Waals surface area contributed by atoms with E-state index in [4.69, 9.17) is 4.42 Å². The van der Waals surface area contributed by atoms with Gasteiger partial charge >= 0.3 is 5.63 Å². The molecule has 0 unspecified atom stereocenters. The minimum absolute atomic E-state index is 0.354. The standard InChI is InChI=1S/C20H18N4O2/c1-3-14-8-9-17-15(11-19(25)26-18(17)10-14)12-24-22-20(21-23-24)16-7-5-4-6-13(16)2/h4-11H,3,12H2,1-2H3. The van der Waals surface area contributed by atoms with Crippen LogP contribution >= 0.6 is 0 Å². The number of hydrogen-bond donors (Lipinski definition) is 0. The molecule has 0 fully saturated rings. The summed E-state index contributed by atoms with van der Waals surface area (Å²) in [5.41, 5.74) is 4.19. The maximum absolute atomic E-state index is 11.9. The van der Waals surface area contributed by atoms with Crippen LogP contribution in [-0.2, 0) is 13.0 Å². The lowest BCUT2D eigenvalue weighted by molar-refractivity contribution is 0.545. The molecule has 26 heavy (non-hydrogen) atoms. The van der Waals surface area contributed by atoms with Crippen LogP contribution < -0.4 is 5.63 Å². The first-order valence-corrected chi connectivity index (χ1v) is 8.53. The zero-order valence-electron chi connectivity index (χ0n) is 14.6. The first-order chi connectivity index (χ1) is 12.6. The highest BCUT2D eigenvalue weighted by atomic mass is 16.4. The van der Waals surface area contributed by atoms with E-state index in [-0.39, 0.29) is 5.63 Å². The topological polar surface area (TPSA) is 73.8 Å². The third-order valence-corrected chi connectivity index (χ3v) is 4.45. The van der Waals surface area contributed by atoms with E-state index < -0.39 is 0 Å². The van der Waals surface area contributed by atoms with Crippen LogP contribution in [0.1, 0.15) is 23.6 Å². The van der Waals surface area contributed by atoms with Crippen LogP contribution in [0.5, 0.6) is 0 Å². The molecule has 6 heteroatoms. The molecular formula is C20H18N4O2. The fourth-order valence-electron chi connectivity index (χ4n) is 3.02. The van der Waals surface area contributed by atoms with E-state index in [0.717, 1.165) is 34.1 Å². The van der Waals surface area contributed by atoms with Gasteiger partial charge in [-0.3, -0.25) is 0 Å². The summed E-state index contributed by atoms with van der Waals surface area (Å²) in [6.45, 7) is 4.43. The molecule has 2 aromatic carbocycles. The number of aryl methyl sites for hydroxylation is 2. The van der Waals surface area contributed by atoms with Gasteiger partial charge < -0.3 is 4.42 Å². The van der Waals surface area contributed by atoms with Gasteiger partial charge in [0.05, 0.1) is 6.54 Å². The van der Waals surface area contributed by atoms with E-state index in [1.54, 1.807) is 0 Å². The second-order valence-electron chi connectivity index (χ2n) is 6.23. The van der Waals surface area contributed by atoms with Crippen molar-refractivity contribution < 1.29 is 4.42 Å². The summed E-state index contributed by atoms with van der Waals surface area (Å²) in [5, 5.41) is 13.6. The largest absolute Gasteiger partial charge is 0.423 e. The Morgan fingerprint density at radius 1 is 1.12 bits per heavy atom. The lowest BCUT2D eigenvalue weighted by Crippen LogP contribution is -2.08. The first-order valence-electron chi connectivity index (χ1n) is 8.53. The lowest BCUT2D eigenvalue weighted by atomic mass is 10.1. The quantitative estimate of drug-likeness (QED) is 0.530. The average molecular weight is 346 g/mol. The minimum Gasteiger partial charge on any atom is -0.423 e. The molecule has 0 aliphatic heterocycles. The Hall–Kier alpha value is -3.28. The van der Waals surface area contributed by atoms with Gasteiger partial charge in [0.15, 0.2) is 0 Å². The minimum atomic E-state index is -0.375. The Morgan fingerprint density at radius 2 is 1.96 bits per heavy atom. The summed E-state index contributed by atoms with van der Waals surface area (Å²) in [6.07, 6.45) is 0.883. The Bertz CT molecular complexity index is 1140. The van der Waals surface area contributed by atoms with Gasteiger partial charge in [0, 0.05) is 17.0 Å². The fourth-order valence-corrected chi connectivity index (χ4v) is 3.02. The molecular weight excluding hydrogens is 328 g/mol. The van der Waals surface area contributed by atoms with Gasteiger partial charge in [-0.1, -0.05) is 43.3 Å². The van der Waals surface area contributed by atoms with E-state index in [9.17, 15) is 4.79 Å². The van der Waals surface area contributed by atoms with Crippen molar-refractivity contribution in [3.63, 3.8) is 0 Å². The molecule has 6 nitrogen and oxygen atoms in total. The highest BCUT2D eigenvalue weighted by molar-refractivity contribution is 5.80. The van der Waals surface area contributed by atoms with Crippen molar-refractivity contribution in [3.8, 4) is 11.4 Å². The van der Waals surface area contributed by atoms with Crippen LogP contribution in [0.25, 0.3) is 22.4 Å². The number of fused-ring (bicyclic) bond motifs is 1. The molecule has 2 aromatic heterocycles. The normalized spacial score (nSPS) is 11.2. The smallest absolute Gasteiger partial charge is 0.336 e. The van der Waals surface area contributed by atoms with E-state index >= 15 is 0 Å². The van der Waals surface area contributed by atoms with Gasteiger partial charge in [0.1, 0.15) is 5.58 Å². The molecule has 2 heterocycles. The van der Waals surface area contributed by atoms with Gasteiger partial charge in [-0.15, -0.1) is 10.2 Å². The predicted molar refractivity (Wildman–Crippen MR) is 99.0 cm³/mol. The van der Waals surface area contributed by atoms with Crippen molar-refractivity contribution in [2.45, 2.75) is 26.8 Å². The van der Waals surface area contributed by atoms with Gasteiger partial charge in [-0.2, -0.15) is 4.80 Å². The fraction of sp³-hybridized carbons (Fsp3) is 0.200. The van der Waals surface area contributed by atoms with Crippen molar-refractivity contribution in [3.05, 3.63) is 75.6 Å². The molecule has 0 aliphatic carbocycles. The van der Waals surface area contributed by atoms with Gasteiger partial charge in [-0.25, -0.2) is 4.79 Å². The number of aromatic nitrogens is 4. The molecule has 4 rings (SSSR count). The molecule has 130 valence electrons. The third kappa shape index (κ3) is 3.01. The molecule has 0 N–H and O–H groups in total. The summed E-state index contributed by atoms with van der Waals surface area (Å²) >= 11 is 0. The monoisotopic (exact) mass is 346 g/mol. The van der Waals surface area contributed by atoms with Crippen LogP contribution in [0.4, 0.5) is 0 Å². The molecule has 0 saturated heterocycles. The molecule has 0 radical (unpaired) electrons. The van der Waals surface area contributed by atoms with Crippen molar-refractivity contribution in [1.82, 2.24) is 20.2 Å². The van der Waals surface area contributed by atoms with Gasteiger partial charge in [0.25, 0.3) is 0 Å². The maximum Gasteiger partial charge on any atom is 0.336 e. The van der Waals surface area contributed by atoms with Crippen molar-refractivity contribution in [1.29, 1.82) is 0 Å². The van der Waals surface area contributed by atoms with E-state index in [1.165, 1.54) is 10.9 Å². The number of nitrogens with zero attached hydrogens (tertiary/aromatic N) is 4. The number of tetrazole rings is 1. The zero-order valence-corrected chi connectivity index (χ0v) is 14.6. The second-order valence-corrected chi connectivity index (χ2v) is 6.23. The van der Waals surface area contributed by atoms with Crippen molar-refractivity contribution in [2.24, 2.45) is 0 Å². The third-order valence-electron chi connectivity index (χ3n) is 4.45. The maximum atomic E-state index is 11.9. The summed E-state index contributed by atoms with van der Waals surface area (Å²) in [6, 6.07) is 15.3. The molecule has 4 aromatic rings. The zero-order chi connectivity index (χ0) is 18.1. The van der Waals surface area contributed by atoms with Gasteiger partial charge in [-0.05, 0) is 41.3 Å². The van der Waals surface area contributed by atoms with Crippen LogP contribution in [0.2, 0.25) is 0 Å². The van der Waals surface area contributed by atoms with Crippen LogP contribution in [0.15, 0.2) is 57.7 Å². The molecule has 0 bridgehead atoms. The highest BCUT2D eigenvalue weighted by Gasteiger charge is 2.11. The summed E-state index contributed by atoms with van der Waals surface area (Å²) in [4.78, 5) is 13.4.